The molecule has 88 valence electrons. The van der Waals surface area contributed by atoms with Crippen LogP contribution in [-0.2, 0) is 0 Å². The Hall–Kier alpha value is -0.770. The van der Waals surface area contributed by atoms with E-state index in [1.54, 1.807) is 0 Å². The van der Waals surface area contributed by atoms with Crippen molar-refractivity contribution in [1.82, 2.24) is 4.90 Å². The van der Waals surface area contributed by atoms with Crippen molar-refractivity contribution in [2.75, 3.05) is 0 Å². The smallest absolute Gasteiger partial charge is 0.137 e. The first kappa shape index (κ1) is 12.3. The summed E-state index contributed by atoms with van der Waals surface area (Å²) in [5.74, 6) is 0. The van der Waals surface area contributed by atoms with Crippen molar-refractivity contribution in [3.63, 3.8) is 0 Å². The van der Waals surface area contributed by atoms with Crippen molar-refractivity contribution in [3.8, 4) is 0 Å². The molecule has 15 heavy (non-hydrogen) atoms. The van der Waals surface area contributed by atoms with E-state index in [2.05, 4.69) is 0 Å². The molecule has 0 aliphatic heterocycles. The number of amides is 1. The molecule has 4 nitrogen and oxygen atoms in total. The second kappa shape index (κ2) is 4.39. The lowest BCUT2D eigenvalue weighted by Crippen LogP contribution is -2.57. The summed E-state index contributed by atoms with van der Waals surface area (Å²) in [6.45, 7) is 5.61. The van der Waals surface area contributed by atoms with Gasteiger partial charge in [-0.2, -0.15) is 0 Å². The molecule has 0 unspecified atom stereocenters. The van der Waals surface area contributed by atoms with Crippen molar-refractivity contribution >= 4 is 6.09 Å². The number of carbonyl (C=O) groups is 1. The number of aliphatic hydroxyl groups is 1. The van der Waals surface area contributed by atoms with Gasteiger partial charge in [0.15, 0.2) is 0 Å². The molecule has 0 aromatic rings. The maximum atomic E-state index is 11.1. The maximum Gasteiger partial charge on any atom is 0.137 e. The van der Waals surface area contributed by atoms with Gasteiger partial charge in [-0.1, -0.05) is 0 Å². The molecule has 0 radical (unpaired) electrons. The Kier molecular flexibility index (Phi) is 3.60. The van der Waals surface area contributed by atoms with E-state index in [4.69, 9.17) is 0 Å². The van der Waals surface area contributed by atoms with Gasteiger partial charge in [0.1, 0.15) is 6.09 Å². The monoisotopic (exact) mass is 214 g/mol. The predicted molar refractivity (Wildman–Crippen MR) is 55.3 cm³/mol. The molecule has 0 spiro atoms. The highest BCUT2D eigenvalue weighted by molar-refractivity contribution is 5.64. The van der Waals surface area contributed by atoms with Gasteiger partial charge >= 0.3 is 0 Å². The molecule has 0 atom stereocenters. The Balaban J connectivity index is 2.69. The predicted octanol–water partition coefficient (Wildman–Crippen LogP) is 0.734. The fourth-order valence-electron chi connectivity index (χ4n) is 2.29. The molecule has 1 saturated carbocycles. The van der Waals surface area contributed by atoms with Crippen LogP contribution in [0, 0.1) is 0 Å². The van der Waals surface area contributed by atoms with E-state index in [-0.39, 0.29) is 12.1 Å². The minimum absolute atomic E-state index is 0.00148. The fraction of sp³-hybridized carbons (Fsp3) is 0.909. The SMILES string of the molecule is CC(C)(C)N(C(=O)[O-])C1CCC(O)CC1. The average Bonchev–Trinajstić information content (AvgIpc) is 2.05. The number of nitrogens with zero attached hydrogens (tertiary/aromatic N) is 1. The van der Waals surface area contributed by atoms with Crippen LogP contribution in [0.3, 0.4) is 0 Å². The van der Waals surface area contributed by atoms with E-state index < -0.39 is 11.6 Å². The van der Waals surface area contributed by atoms with E-state index in [9.17, 15) is 15.0 Å². The zero-order chi connectivity index (χ0) is 11.6. The Bertz CT molecular complexity index is 226. The number of aliphatic hydroxyl groups excluding tert-OH is 1. The highest BCUT2D eigenvalue weighted by atomic mass is 16.4. The van der Waals surface area contributed by atoms with Crippen molar-refractivity contribution < 1.29 is 15.0 Å². The van der Waals surface area contributed by atoms with Gasteiger partial charge in [0.05, 0.1) is 6.10 Å². The number of hydrogen-bond acceptors (Lipinski definition) is 3. The minimum Gasteiger partial charge on any atom is -0.530 e. The summed E-state index contributed by atoms with van der Waals surface area (Å²) >= 11 is 0. The summed E-state index contributed by atoms with van der Waals surface area (Å²) in [4.78, 5) is 12.5. The number of carbonyl (C=O) groups excluding carboxylic acids is 1. The highest BCUT2D eigenvalue weighted by Crippen LogP contribution is 2.27. The normalized spacial score (nSPS) is 27.5. The van der Waals surface area contributed by atoms with Crippen molar-refractivity contribution in [3.05, 3.63) is 0 Å². The first-order valence-corrected chi connectivity index (χ1v) is 5.50. The third-order valence-corrected chi connectivity index (χ3v) is 2.95. The van der Waals surface area contributed by atoms with E-state index in [1.165, 1.54) is 4.90 Å². The molecular formula is C11H20NO3-. The largest absolute Gasteiger partial charge is 0.530 e. The topological polar surface area (TPSA) is 63.6 Å². The van der Waals surface area contributed by atoms with E-state index >= 15 is 0 Å². The zero-order valence-corrected chi connectivity index (χ0v) is 9.69. The fourth-order valence-corrected chi connectivity index (χ4v) is 2.29. The first-order valence-electron chi connectivity index (χ1n) is 5.50. The van der Waals surface area contributed by atoms with Crippen LogP contribution in [0.25, 0.3) is 0 Å². The molecule has 0 bridgehead atoms. The summed E-state index contributed by atoms with van der Waals surface area (Å²) in [5, 5.41) is 20.4. The lowest BCUT2D eigenvalue weighted by molar-refractivity contribution is -0.274. The van der Waals surface area contributed by atoms with Gasteiger partial charge in [-0.15, -0.1) is 0 Å². The van der Waals surface area contributed by atoms with Crippen LogP contribution >= 0.6 is 0 Å². The molecule has 0 heterocycles. The van der Waals surface area contributed by atoms with Crippen LogP contribution in [0.15, 0.2) is 0 Å². The van der Waals surface area contributed by atoms with E-state index in [0.717, 1.165) is 12.8 Å². The minimum atomic E-state index is -1.11. The Morgan fingerprint density at radius 1 is 1.27 bits per heavy atom. The molecule has 1 rings (SSSR count). The number of carboxylic acid groups (broad SMARTS) is 1. The number of rotatable bonds is 1. The van der Waals surface area contributed by atoms with Crippen LogP contribution in [-0.4, -0.2) is 33.8 Å². The van der Waals surface area contributed by atoms with E-state index in [1.807, 2.05) is 20.8 Å². The van der Waals surface area contributed by atoms with Gasteiger partial charge < -0.3 is 19.9 Å². The Labute approximate surface area is 90.9 Å². The molecule has 0 aromatic carbocycles. The van der Waals surface area contributed by atoms with Crippen LogP contribution in [0.1, 0.15) is 46.5 Å². The van der Waals surface area contributed by atoms with Gasteiger partial charge in [0, 0.05) is 11.6 Å². The lowest BCUT2D eigenvalue weighted by Gasteiger charge is -2.45. The second-order valence-electron chi connectivity index (χ2n) is 5.27. The highest BCUT2D eigenvalue weighted by Gasteiger charge is 2.31. The summed E-state index contributed by atoms with van der Waals surface area (Å²) < 4.78 is 0. The summed E-state index contributed by atoms with van der Waals surface area (Å²) in [6.07, 6.45) is 1.46. The van der Waals surface area contributed by atoms with Crippen LogP contribution in [0.4, 0.5) is 4.79 Å². The van der Waals surface area contributed by atoms with Crippen LogP contribution in [0.5, 0.6) is 0 Å². The van der Waals surface area contributed by atoms with Crippen LogP contribution < -0.4 is 5.11 Å². The third kappa shape index (κ3) is 3.09. The van der Waals surface area contributed by atoms with Crippen molar-refractivity contribution in [2.45, 2.75) is 64.1 Å². The average molecular weight is 214 g/mol. The van der Waals surface area contributed by atoms with E-state index in [0.29, 0.717) is 12.8 Å². The first-order chi connectivity index (χ1) is 6.82. The molecule has 0 aromatic heterocycles. The summed E-state index contributed by atoms with van der Waals surface area (Å²) in [6, 6.07) is -0.00148. The zero-order valence-electron chi connectivity index (χ0n) is 9.69. The molecule has 1 N–H and O–H groups in total. The molecule has 1 amide bonds. The van der Waals surface area contributed by atoms with Crippen LogP contribution in [0.2, 0.25) is 0 Å². The maximum absolute atomic E-state index is 11.1. The quantitative estimate of drug-likeness (QED) is 0.700. The van der Waals surface area contributed by atoms with Gasteiger partial charge in [0.25, 0.3) is 0 Å². The second-order valence-corrected chi connectivity index (χ2v) is 5.27. The summed E-state index contributed by atoms with van der Waals surface area (Å²) in [5.41, 5.74) is -0.425. The standard InChI is InChI=1S/C11H21NO3/c1-11(2,3)12(10(14)15)8-4-6-9(13)7-5-8/h8-9,13H,4-7H2,1-3H3,(H,14,15)/p-1. The molecule has 1 aliphatic carbocycles. The molecule has 1 aliphatic rings. The van der Waals surface area contributed by atoms with Gasteiger partial charge in [-0.25, -0.2) is 0 Å². The molecular weight excluding hydrogens is 194 g/mol. The third-order valence-electron chi connectivity index (χ3n) is 2.95. The molecule has 1 fully saturated rings. The lowest BCUT2D eigenvalue weighted by atomic mass is 9.89. The van der Waals surface area contributed by atoms with Crippen molar-refractivity contribution in [2.24, 2.45) is 0 Å². The Morgan fingerprint density at radius 3 is 2.07 bits per heavy atom. The van der Waals surface area contributed by atoms with Gasteiger partial charge in [-0.05, 0) is 46.5 Å². The number of hydrogen-bond donors (Lipinski definition) is 1. The summed E-state index contributed by atoms with van der Waals surface area (Å²) in [7, 11) is 0. The Morgan fingerprint density at radius 2 is 1.73 bits per heavy atom. The molecule has 4 heteroatoms. The van der Waals surface area contributed by atoms with Crippen molar-refractivity contribution in [1.29, 1.82) is 0 Å². The molecule has 0 saturated heterocycles. The van der Waals surface area contributed by atoms with Gasteiger partial charge in [0.2, 0.25) is 0 Å². The van der Waals surface area contributed by atoms with Gasteiger partial charge in [-0.3, -0.25) is 0 Å².